The number of fused-ring (bicyclic) bond motifs is 1. The van der Waals surface area contributed by atoms with Crippen molar-refractivity contribution in [2.24, 2.45) is 11.8 Å². The second-order valence-corrected chi connectivity index (χ2v) is 7.14. The highest BCUT2D eigenvalue weighted by molar-refractivity contribution is 5.55. The van der Waals surface area contributed by atoms with Gasteiger partial charge in [0, 0.05) is 24.8 Å². The van der Waals surface area contributed by atoms with Crippen molar-refractivity contribution in [3.63, 3.8) is 0 Å². The minimum atomic E-state index is 0.586. The van der Waals surface area contributed by atoms with Gasteiger partial charge in [0.15, 0.2) is 0 Å². The van der Waals surface area contributed by atoms with Crippen molar-refractivity contribution in [3.8, 4) is 0 Å². The molecule has 1 aliphatic rings. The number of nitrogens with zero attached hydrogens (tertiary/aromatic N) is 1. The molecule has 1 aromatic carbocycles. The lowest BCUT2D eigenvalue weighted by atomic mass is 10.00. The van der Waals surface area contributed by atoms with E-state index in [9.17, 15) is 0 Å². The number of hydrogen-bond acceptors (Lipinski definition) is 2. The normalized spacial score (nSPS) is 17.0. The smallest absolute Gasteiger partial charge is 0.0437 e. The van der Waals surface area contributed by atoms with E-state index in [1.165, 1.54) is 37.1 Å². The molecule has 0 saturated heterocycles. The van der Waals surface area contributed by atoms with Crippen LogP contribution in [0.4, 0.5) is 5.69 Å². The van der Waals surface area contributed by atoms with Gasteiger partial charge in [-0.2, -0.15) is 0 Å². The summed E-state index contributed by atoms with van der Waals surface area (Å²) in [5.74, 6) is 1.38. The molecule has 2 heteroatoms. The molecule has 0 saturated carbocycles. The molecule has 1 N–H and O–H groups in total. The Hall–Kier alpha value is -1.02. The Morgan fingerprint density at radius 2 is 1.81 bits per heavy atom. The van der Waals surface area contributed by atoms with Crippen LogP contribution < -0.4 is 10.2 Å². The summed E-state index contributed by atoms with van der Waals surface area (Å²) >= 11 is 0. The number of anilines is 1. The van der Waals surface area contributed by atoms with E-state index in [0.717, 1.165) is 13.1 Å². The molecule has 1 aromatic rings. The van der Waals surface area contributed by atoms with Crippen molar-refractivity contribution in [3.05, 3.63) is 29.8 Å². The molecule has 0 radical (unpaired) electrons. The number of rotatable bonds is 6. The lowest BCUT2D eigenvalue weighted by Gasteiger charge is -2.37. The fourth-order valence-electron chi connectivity index (χ4n) is 3.29. The first kappa shape index (κ1) is 16.4. The Labute approximate surface area is 130 Å². The molecule has 1 aliphatic heterocycles. The SMILES string of the molecule is CC(C)CNCC(C(C)C)N1CCCCc2ccccc21. The summed E-state index contributed by atoms with van der Waals surface area (Å²) in [6.45, 7) is 12.7. The number of nitrogens with one attached hydrogen (secondary N) is 1. The van der Waals surface area contributed by atoms with Crippen molar-refractivity contribution < 1.29 is 0 Å². The van der Waals surface area contributed by atoms with Gasteiger partial charge in [-0.15, -0.1) is 0 Å². The molecule has 2 nitrogen and oxygen atoms in total. The highest BCUT2D eigenvalue weighted by Gasteiger charge is 2.25. The predicted octanol–water partition coefficient (Wildman–Crippen LogP) is 4.10. The van der Waals surface area contributed by atoms with Crippen LogP contribution in [0, 0.1) is 11.8 Å². The fraction of sp³-hybridized carbons (Fsp3) is 0.684. The Bertz CT molecular complexity index is 425. The molecular formula is C19H32N2. The molecule has 21 heavy (non-hydrogen) atoms. The lowest BCUT2D eigenvalue weighted by molar-refractivity contribution is 0.412. The molecule has 0 aromatic heterocycles. The zero-order valence-corrected chi connectivity index (χ0v) is 14.2. The van der Waals surface area contributed by atoms with Crippen LogP contribution in [-0.2, 0) is 6.42 Å². The Balaban J connectivity index is 2.15. The quantitative estimate of drug-likeness (QED) is 0.848. The molecule has 2 rings (SSSR count). The van der Waals surface area contributed by atoms with Gasteiger partial charge in [0.1, 0.15) is 0 Å². The zero-order valence-electron chi connectivity index (χ0n) is 14.2. The van der Waals surface area contributed by atoms with Gasteiger partial charge in [-0.05, 0) is 49.3 Å². The van der Waals surface area contributed by atoms with Crippen molar-refractivity contribution in [1.29, 1.82) is 0 Å². The third kappa shape index (κ3) is 4.47. The molecular weight excluding hydrogens is 256 g/mol. The average Bonchev–Trinajstić information content (AvgIpc) is 2.65. The molecule has 0 amide bonds. The van der Waals surface area contributed by atoms with Crippen molar-refractivity contribution in [2.75, 3.05) is 24.5 Å². The molecule has 118 valence electrons. The van der Waals surface area contributed by atoms with Crippen LogP contribution in [0.3, 0.4) is 0 Å². The van der Waals surface area contributed by atoms with Gasteiger partial charge in [-0.1, -0.05) is 45.9 Å². The van der Waals surface area contributed by atoms with E-state index < -0.39 is 0 Å². The van der Waals surface area contributed by atoms with E-state index in [1.54, 1.807) is 0 Å². The summed E-state index contributed by atoms with van der Waals surface area (Å²) in [7, 11) is 0. The van der Waals surface area contributed by atoms with Crippen LogP contribution in [0.5, 0.6) is 0 Å². The largest absolute Gasteiger partial charge is 0.367 e. The van der Waals surface area contributed by atoms with Crippen molar-refractivity contribution >= 4 is 5.69 Å². The van der Waals surface area contributed by atoms with Gasteiger partial charge >= 0.3 is 0 Å². The minimum Gasteiger partial charge on any atom is -0.367 e. The molecule has 1 atom stereocenters. The van der Waals surface area contributed by atoms with E-state index in [4.69, 9.17) is 0 Å². The van der Waals surface area contributed by atoms with E-state index in [-0.39, 0.29) is 0 Å². The summed E-state index contributed by atoms with van der Waals surface area (Å²) in [5, 5.41) is 3.67. The number of hydrogen-bond donors (Lipinski definition) is 1. The summed E-state index contributed by atoms with van der Waals surface area (Å²) in [6.07, 6.45) is 3.86. The first-order valence-corrected chi connectivity index (χ1v) is 8.65. The van der Waals surface area contributed by atoms with Crippen LogP contribution in [-0.4, -0.2) is 25.7 Å². The summed E-state index contributed by atoms with van der Waals surface area (Å²) in [5.41, 5.74) is 3.00. The third-order valence-electron chi connectivity index (χ3n) is 4.47. The molecule has 0 spiro atoms. The van der Waals surface area contributed by atoms with Crippen LogP contribution >= 0.6 is 0 Å². The van der Waals surface area contributed by atoms with Gasteiger partial charge in [-0.25, -0.2) is 0 Å². The number of benzene rings is 1. The highest BCUT2D eigenvalue weighted by Crippen LogP contribution is 2.29. The zero-order chi connectivity index (χ0) is 15.2. The van der Waals surface area contributed by atoms with Crippen LogP contribution in [0.15, 0.2) is 24.3 Å². The minimum absolute atomic E-state index is 0.586. The third-order valence-corrected chi connectivity index (χ3v) is 4.47. The Morgan fingerprint density at radius 1 is 1.05 bits per heavy atom. The molecule has 0 bridgehead atoms. The maximum atomic E-state index is 3.67. The van der Waals surface area contributed by atoms with Crippen LogP contribution in [0.1, 0.15) is 46.1 Å². The standard InChI is InChI=1S/C19H32N2/c1-15(2)13-20-14-19(16(3)4)21-12-8-7-10-17-9-5-6-11-18(17)21/h5-6,9,11,15-16,19-20H,7-8,10,12-14H2,1-4H3. The first-order chi connectivity index (χ1) is 10.1. The van der Waals surface area contributed by atoms with Gasteiger partial charge in [0.05, 0.1) is 0 Å². The van der Waals surface area contributed by atoms with Crippen LogP contribution in [0.2, 0.25) is 0 Å². The second-order valence-electron chi connectivity index (χ2n) is 7.14. The number of para-hydroxylation sites is 1. The molecule has 0 aliphatic carbocycles. The summed E-state index contributed by atoms with van der Waals surface area (Å²) in [6, 6.07) is 9.59. The van der Waals surface area contributed by atoms with Crippen LogP contribution in [0.25, 0.3) is 0 Å². The van der Waals surface area contributed by atoms with Crippen molar-refractivity contribution in [1.82, 2.24) is 5.32 Å². The topological polar surface area (TPSA) is 15.3 Å². The number of aryl methyl sites for hydroxylation is 1. The van der Waals surface area contributed by atoms with Gasteiger partial charge in [0.2, 0.25) is 0 Å². The highest BCUT2D eigenvalue weighted by atomic mass is 15.2. The van der Waals surface area contributed by atoms with Gasteiger partial charge in [-0.3, -0.25) is 0 Å². The van der Waals surface area contributed by atoms with E-state index in [2.05, 4.69) is 62.2 Å². The van der Waals surface area contributed by atoms with Crippen molar-refractivity contribution in [2.45, 2.75) is 53.0 Å². The summed E-state index contributed by atoms with van der Waals surface area (Å²) in [4.78, 5) is 2.67. The Kier molecular flexibility index (Phi) is 6.10. The van der Waals surface area contributed by atoms with E-state index in [1.807, 2.05) is 0 Å². The van der Waals surface area contributed by atoms with E-state index >= 15 is 0 Å². The maximum Gasteiger partial charge on any atom is 0.0437 e. The molecule has 0 fully saturated rings. The monoisotopic (exact) mass is 288 g/mol. The van der Waals surface area contributed by atoms with E-state index in [0.29, 0.717) is 17.9 Å². The summed E-state index contributed by atoms with van der Waals surface area (Å²) < 4.78 is 0. The average molecular weight is 288 g/mol. The first-order valence-electron chi connectivity index (χ1n) is 8.65. The van der Waals surface area contributed by atoms with Gasteiger partial charge in [0.25, 0.3) is 0 Å². The predicted molar refractivity (Wildman–Crippen MR) is 93.1 cm³/mol. The fourth-order valence-corrected chi connectivity index (χ4v) is 3.29. The Morgan fingerprint density at radius 3 is 2.52 bits per heavy atom. The maximum absolute atomic E-state index is 3.67. The lowest BCUT2D eigenvalue weighted by Crippen LogP contribution is -2.47. The molecule has 1 unspecified atom stereocenters. The second kappa shape index (κ2) is 7.84. The van der Waals surface area contributed by atoms with Gasteiger partial charge < -0.3 is 10.2 Å². The molecule has 1 heterocycles.